The lowest BCUT2D eigenvalue weighted by atomic mass is 9.95. The van der Waals surface area contributed by atoms with E-state index in [1.165, 1.54) is 114 Å². The number of esters is 6. The average Bonchev–Trinajstić information content (AvgIpc) is 4.39. The standard InChI is InChI=1S/C26H50O3.C18H32O7.C18H34O4.C8H10.CH2O/c1-3-5-7-9-12-16-20-24-25(29-24)21-17-13-11-14-18-22-26(27)28-23-19-15-10-8-6-4-2;1-4-7-10-23-15(19)13-18(22,17(21)25-12-9-6-3)14-16(20)24-11-8-5-2;1-3-5-15-21-17(19)13-11-9-7-8-10-12-14-18(20)22-16-6-4-2;1-7-5-3-4-6-8(7)2;1-2/h24-25H,3-23H2,1-2H3;22H,4-14H2,1-3H3;3-16H2,1-2H3;3-6H,1-2H3;1H2. The number of benzene rings is 1. The summed E-state index contributed by atoms with van der Waals surface area (Å²) >= 11 is 0. The maximum Gasteiger partial charge on any atom is 0.339 e. The molecule has 1 heterocycles. The van der Waals surface area contributed by atoms with Gasteiger partial charge >= 0.3 is 35.8 Å². The summed E-state index contributed by atoms with van der Waals surface area (Å²) in [6.45, 7) is 23.0. The van der Waals surface area contributed by atoms with Crippen LogP contribution in [0.3, 0.4) is 0 Å². The number of ether oxygens (including phenoxy) is 7. The lowest BCUT2D eigenvalue weighted by Gasteiger charge is -2.24. The van der Waals surface area contributed by atoms with Crippen molar-refractivity contribution in [3.05, 3.63) is 35.4 Å². The quantitative estimate of drug-likeness (QED) is 0.0278. The molecule has 1 aliphatic heterocycles. The fraction of sp³-hybridized carbons (Fsp3) is 0.817. The van der Waals surface area contributed by atoms with Gasteiger partial charge in [-0.2, -0.15) is 0 Å². The Balaban J connectivity index is -0.00000112. The third-order valence-corrected chi connectivity index (χ3v) is 14.6. The predicted molar refractivity (Wildman–Crippen MR) is 347 cm³/mol. The van der Waals surface area contributed by atoms with E-state index in [1.54, 1.807) is 0 Å². The van der Waals surface area contributed by atoms with Gasteiger partial charge < -0.3 is 43.1 Å². The number of carbonyl (C=O) groups excluding carboxylic acids is 7. The first-order chi connectivity index (χ1) is 41.7. The van der Waals surface area contributed by atoms with Crippen molar-refractivity contribution in [1.82, 2.24) is 0 Å². The van der Waals surface area contributed by atoms with Gasteiger partial charge in [-0.3, -0.25) is 24.0 Å². The molecule has 2 unspecified atom stereocenters. The summed E-state index contributed by atoms with van der Waals surface area (Å²) in [6, 6.07) is 8.36. The topological polar surface area (TPSA) is 208 Å². The van der Waals surface area contributed by atoms with Crippen molar-refractivity contribution < 1.29 is 71.8 Å². The van der Waals surface area contributed by atoms with E-state index in [9.17, 15) is 33.9 Å². The van der Waals surface area contributed by atoms with Crippen molar-refractivity contribution in [3.63, 3.8) is 0 Å². The number of hydrogen-bond acceptors (Lipinski definition) is 15. The number of rotatable bonds is 51. The predicted octanol–water partition coefficient (Wildman–Crippen LogP) is 17.6. The summed E-state index contributed by atoms with van der Waals surface area (Å²) in [4.78, 5) is 78.4. The Morgan fingerprint density at radius 3 is 0.942 bits per heavy atom. The molecular formula is C71H128O15. The molecule has 0 aromatic heterocycles. The molecular weight excluding hydrogens is 1090 g/mol. The minimum atomic E-state index is -2.26. The summed E-state index contributed by atoms with van der Waals surface area (Å²) in [5.41, 5.74) is 0.473. The molecule has 2 rings (SSSR count). The van der Waals surface area contributed by atoms with Crippen molar-refractivity contribution >= 4 is 42.6 Å². The van der Waals surface area contributed by atoms with Crippen LogP contribution in [0.5, 0.6) is 0 Å². The zero-order chi connectivity index (χ0) is 64.6. The van der Waals surface area contributed by atoms with E-state index in [4.69, 9.17) is 38.0 Å². The second kappa shape index (κ2) is 65.1. The lowest BCUT2D eigenvalue weighted by molar-refractivity contribution is -0.178. The Kier molecular flexibility index (Phi) is 65.0. The molecule has 502 valence electrons. The molecule has 1 fully saturated rings. The van der Waals surface area contributed by atoms with Gasteiger partial charge in [-0.15, -0.1) is 0 Å². The van der Waals surface area contributed by atoms with E-state index in [0.29, 0.717) is 70.6 Å². The summed E-state index contributed by atoms with van der Waals surface area (Å²) in [6.07, 6.45) is 40.3. The molecule has 86 heavy (non-hydrogen) atoms. The maximum absolute atomic E-state index is 12.2. The van der Waals surface area contributed by atoms with Crippen molar-refractivity contribution in [2.75, 3.05) is 39.6 Å². The first-order valence-corrected chi connectivity index (χ1v) is 34.3. The van der Waals surface area contributed by atoms with Crippen LogP contribution in [0.2, 0.25) is 0 Å². The Morgan fingerprint density at radius 1 is 0.372 bits per heavy atom. The van der Waals surface area contributed by atoms with Crippen molar-refractivity contribution in [3.8, 4) is 0 Å². The lowest BCUT2D eigenvalue weighted by Crippen LogP contribution is -2.45. The van der Waals surface area contributed by atoms with E-state index in [-0.39, 0.29) is 37.7 Å². The Labute approximate surface area is 524 Å². The Bertz CT molecular complexity index is 1660. The molecule has 0 amide bonds. The normalized spacial score (nSPS) is 12.9. The number of aryl methyl sites for hydroxylation is 2. The molecule has 0 spiro atoms. The van der Waals surface area contributed by atoms with Crippen LogP contribution in [0.15, 0.2) is 24.3 Å². The van der Waals surface area contributed by atoms with Gasteiger partial charge in [-0.1, -0.05) is 227 Å². The molecule has 15 nitrogen and oxygen atoms in total. The minimum Gasteiger partial charge on any atom is -0.466 e. The first-order valence-electron chi connectivity index (χ1n) is 34.3. The third kappa shape index (κ3) is 58.6. The SMILES string of the molecule is C=O.CCCCCCCCOC(=O)CCCCCCCC1OC1CCCCCCCC.CCCCOC(=O)CC(O)(CC(=O)OCCCC)C(=O)OCCCC.CCCCOC(=O)CCCCCCCCC(=O)OCCCC.Cc1ccccc1C. The van der Waals surface area contributed by atoms with Crippen LogP contribution < -0.4 is 0 Å². The first kappa shape index (κ1) is 85.8. The molecule has 0 saturated carbocycles. The van der Waals surface area contributed by atoms with E-state index < -0.39 is 36.4 Å². The highest BCUT2D eigenvalue weighted by molar-refractivity contribution is 5.90. The van der Waals surface area contributed by atoms with E-state index in [2.05, 4.69) is 65.8 Å². The van der Waals surface area contributed by atoms with Crippen LogP contribution in [0.25, 0.3) is 0 Å². The number of hydrogen-bond donors (Lipinski definition) is 1. The highest BCUT2D eigenvalue weighted by atomic mass is 16.6. The maximum atomic E-state index is 12.2. The van der Waals surface area contributed by atoms with Gasteiger partial charge in [-0.25, -0.2) is 4.79 Å². The number of epoxide rings is 1. The van der Waals surface area contributed by atoms with Gasteiger partial charge in [0.25, 0.3) is 0 Å². The average molecular weight is 1220 g/mol. The molecule has 2 atom stereocenters. The monoisotopic (exact) mass is 1220 g/mol. The molecule has 1 aliphatic rings. The zero-order valence-corrected chi connectivity index (χ0v) is 56.4. The molecule has 1 aromatic carbocycles. The van der Waals surface area contributed by atoms with Gasteiger partial charge in [-0.05, 0) is 95.6 Å². The van der Waals surface area contributed by atoms with Crippen LogP contribution in [0.4, 0.5) is 0 Å². The highest BCUT2D eigenvalue weighted by Gasteiger charge is 2.43. The fourth-order valence-electron chi connectivity index (χ4n) is 8.70. The van der Waals surface area contributed by atoms with E-state index >= 15 is 0 Å². The third-order valence-electron chi connectivity index (χ3n) is 14.6. The number of carbonyl (C=O) groups is 7. The highest BCUT2D eigenvalue weighted by Crippen LogP contribution is 2.32. The van der Waals surface area contributed by atoms with Gasteiger partial charge in [0.2, 0.25) is 0 Å². The smallest absolute Gasteiger partial charge is 0.339 e. The van der Waals surface area contributed by atoms with Gasteiger partial charge in [0.15, 0.2) is 5.60 Å². The number of aliphatic hydroxyl groups is 1. The summed E-state index contributed by atoms with van der Waals surface area (Å²) < 4.78 is 36.3. The summed E-state index contributed by atoms with van der Waals surface area (Å²) in [7, 11) is 0. The Hall–Kier alpha value is -4.37. The van der Waals surface area contributed by atoms with Crippen LogP contribution in [0.1, 0.15) is 316 Å². The molecule has 0 radical (unpaired) electrons. The molecule has 15 heteroatoms. The molecule has 0 bridgehead atoms. The van der Waals surface area contributed by atoms with Crippen molar-refractivity contribution in [1.29, 1.82) is 0 Å². The summed E-state index contributed by atoms with van der Waals surface area (Å²) in [5, 5.41) is 10.6. The minimum absolute atomic E-state index is 0.00229. The van der Waals surface area contributed by atoms with Gasteiger partial charge in [0.05, 0.1) is 64.7 Å². The van der Waals surface area contributed by atoms with Crippen molar-refractivity contribution in [2.45, 2.75) is 337 Å². The largest absolute Gasteiger partial charge is 0.466 e. The molecule has 1 saturated heterocycles. The van der Waals surface area contributed by atoms with Crippen LogP contribution in [-0.2, 0) is 66.7 Å². The van der Waals surface area contributed by atoms with Crippen LogP contribution in [-0.4, -0.2) is 105 Å². The van der Waals surface area contributed by atoms with Gasteiger partial charge in [0, 0.05) is 19.3 Å². The fourth-order valence-corrected chi connectivity index (χ4v) is 8.70. The van der Waals surface area contributed by atoms with Crippen molar-refractivity contribution in [2.24, 2.45) is 0 Å². The molecule has 0 aliphatic carbocycles. The van der Waals surface area contributed by atoms with E-state index in [0.717, 1.165) is 103 Å². The molecule has 1 N–H and O–H groups in total. The summed E-state index contributed by atoms with van der Waals surface area (Å²) in [5.74, 6) is -2.62. The molecule has 1 aromatic rings. The number of unbranched alkanes of at least 4 members (excludes halogenated alkanes) is 24. The van der Waals surface area contributed by atoms with Crippen LogP contribution >= 0.6 is 0 Å². The Morgan fingerprint density at radius 2 is 0.628 bits per heavy atom. The van der Waals surface area contributed by atoms with Gasteiger partial charge in [0.1, 0.15) is 6.79 Å². The second-order valence-electron chi connectivity index (χ2n) is 22.9. The van der Waals surface area contributed by atoms with Crippen LogP contribution in [0, 0.1) is 13.8 Å². The second-order valence-corrected chi connectivity index (χ2v) is 22.9. The van der Waals surface area contributed by atoms with E-state index in [1.807, 2.05) is 27.6 Å². The zero-order valence-electron chi connectivity index (χ0n) is 56.4.